The van der Waals surface area contributed by atoms with Crippen LogP contribution in [0.1, 0.15) is 40.0 Å². The largest absolute Gasteiger partial charge is 0.467 e. The topological polar surface area (TPSA) is 102 Å². The summed E-state index contributed by atoms with van der Waals surface area (Å²) >= 11 is 1.31. The quantitative estimate of drug-likeness (QED) is 0.236. The summed E-state index contributed by atoms with van der Waals surface area (Å²) in [5.74, 6) is 1.48. The van der Waals surface area contributed by atoms with Gasteiger partial charge in [-0.3, -0.25) is 14.2 Å². The van der Waals surface area contributed by atoms with Crippen LogP contribution in [0.4, 0.5) is 11.4 Å². The summed E-state index contributed by atoms with van der Waals surface area (Å²) in [7, 11) is 0. The van der Waals surface area contributed by atoms with Crippen molar-refractivity contribution in [3.8, 4) is 0 Å². The van der Waals surface area contributed by atoms with Crippen LogP contribution < -0.4 is 10.6 Å². The van der Waals surface area contributed by atoms with E-state index in [1.54, 1.807) is 30.5 Å². The number of aromatic nitrogens is 3. The molecule has 9 heteroatoms. The standard InChI is InChI=1S/C26H27N5O3S/c1-17-6-11-23(18(2)13-17)27-14-24-29-30-26(31(24)15-22-5-4-12-34-22)35-16-25(33)28-21-9-7-20(8-10-21)19(3)32/h4-13,27H,14-16H2,1-3H3,(H,28,33). The molecular weight excluding hydrogens is 462 g/mol. The summed E-state index contributed by atoms with van der Waals surface area (Å²) in [6.07, 6.45) is 1.63. The van der Waals surface area contributed by atoms with Gasteiger partial charge in [-0.25, -0.2) is 0 Å². The molecule has 0 unspecified atom stereocenters. The first kappa shape index (κ1) is 24.3. The van der Waals surface area contributed by atoms with E-state index in [1.165, 1.54) is 24.2 Å². The predicted molar refractivity (Wildman–Crippen MR) is 137 cm³/mol. The summed E-state index contributed by atoms with van der Waals surface area (Å²) in [6.45, 7) is 6.58. The summed E-state index contributed by atoms with van der Waals surface area (Å²) in [6, 6.07) is 16.8. The van der Waals surface area contributed by atoms with E-state index >= 15 is 0 Å². The minimum absolute atomic E-state index is 0.0165. The Morgan fingerprint density at radius 2 is 1.86 bits per heavy atom. The lowest BCUT2D eigenvalue weighted by Gasteiger charge is -2.12. The summed E-state index contributed by atoms with van der Waals surface area (Å²) in [5.41, 5.74) is 4.64. The van der Waals surface area contributed by atoms with Gasteiger partial charge in [-0.1, -0.05) is 29.5 Å². The second-order valence-corrected chi connectivity index (χ2v) is 9.15. The molecule has 2 N–H and O–H groups in total. The molecule has 35 heavy (non-hydrogen) atoms. The van der Waals surface area contributed by atoms with Crippen LogP contribution >= 0.6 is 11.8 Å². The Bertz CT molecular complexity index is 1310. The molecule has 0 bridgehead atoms. The average molecular weight is 490 g/mol. The van der Waals surface area contributed by atoms with Gasteiger partial charge in [-0.2, -0.15) is 0 Å². The Kier molecular flexibility index (Phi) is 7.67. The van der Waals surface area contributed by atoms with Crippen LogP contribution in [0.15, 0.2) is 70.4 Å². The zero-order chi connectivity index (χ0) is 24.8. The second-order valence-electron chi connectivity index (χ2n) is 8.21. The Hall–Kier alpha value is -3.85. The number of thioether (sulfide) groups is 1. The van der Waals surface area contributed by atoms with Crippen LogP contribution in [0.2, 0.25) is 0 Å². The zero-order valence-corrected chi connectivity index (χ0v) is 20.7. The normalized spacial score (nSPS) is 10.8. The van der Waals surface area contributed by atoms with Crippen molar-refractivity contribution in [1.82, 2.24) is 14.8 Å². The number of rotatable bonds is 10. The van der Waals surface area contributed by atoms with Crippen molar-refractivity contribution >= 4 is 34.8 Å². The first-order chi connectivity index (χ1) is 16.9. The van der Waals surface area contributed by atoms with Crippen molar-refractivity contribution in [3.05, 3.63) is 89.1 Å². The lowest BCUT2D eigenvalue weighted by molar-refractivity contribution is -0.113. The number of hydrogen-bond acceptors (Lipinski definition) is 7. The van der Waals surface area contributed by atoms with E-state index in [1.807, 2.05) is 16.7 Å². The van der Waals surface area contributed by atoms with Gasteiger partial charge >= 0.3 is 0 Å². The molecule has 4 rings (SSSR count). The van der Waals surface area contributed by atoms with Crippen molar-refractivity contribution in [2.75, 3.05) is 16.4 Å². The SMILES string of the molecule is CC(=O)c1ccc(NC(=O)CSc2nnc(CNc3ccc(C)cc3C)n2Cc2ccco2)cc1. The number of nitrogens with one attached hydrogen (secondary N) is 2. The highest BCUT2D eigenvalue weighted by Crippen LogP contribution is 2.22. The first-order valence-electron chi connectivity index (χ1n) is 11.2. The van der Waals surface area contributed by atoms with Crippen LogP contribution in [-0.2, 0) is 17.9 Å². The van der Waals surface area contributed by atoms with Crippen LogP contribution in [-0.4, -0.2) is 32.2 Å². The van der Waals surface area contributed by atoms with E-state index in [4.69, 9.17) is 4.42 Å². The maximum atomic E-state index is 12.5. The number of furan rings is 1. The molecule has 0 aliphatic rings. The molecule has 0 fully saturated rings. The highest BCUT2D eigenvalue weighted by Gasteiger charge is 2.16. The van der Waals surface area contributed by atoms with E-state index in [0.29, 0.717) is 29.5 Å². The maximum absolute atomic E-state index is 12.5. The number of benzene rings is 2. The average Bonchev–Trinajstić information content (AvgIpc) is 3.48. The first-order valence-corrected chi connectivity index (χ1v) is 12.2. The van der Waals surface area contributed by atoms with Crippen molar-refractivity contribution in [2.24, 2.45) is 0 Å². The van der Waals surface area contributed by atoms with Gasteiger partial charge in [0.2, 0.25) is 5.91 Å². The molecule has 2 aromatic carbocycles. The van der Waals surface area contributed by atoms with E-state index in [9.17, 15) is 9.59 Å². The Balaban J connectivity index is 1.43. The van der Waals surface area contributed by atoms with Gasteiger partial charge in [0.05, 0.1) is 25.1 Å². The molecule has 0 atom stereocenters. The number of hydrogen-bond donors (Lipinski definition) is 2. The zero-order valence-electron chi connectivity index (χ0n) is 19.9. The Labute approximate surface area is 208 Å². The Morgan fingerprint density at radius 1 is 1.06 bits per heavy atom. The predicted octanol–water partition coefficient (Wildman–Crippen LogP) is 5.08. The highest BCUT2D eigenvalue weighted by molar-refractivity contribution is 7.99. The molecule has 2 aromatic heterocycles. The van der Waals surface area contributed by atoms with Gasteiger partial charge in [0.15, 0.2) is 16.8 Å². The molecule has 4 aromatic rings. The molecule has 0 radical (unpaired) electrons. The Morgan fingerprint density at radius 3 is 2.54 bits per heavy atom. The van der Waals surface area contributed by atoms with E-state index in [0.717, 1.165) is 22.8 Å². The number of Topliss-reactive ketones (excluding diaryl/α,β-unsaturated/α-hetero) is 1. The van der Waals surface area contributed by atoms with Crippen molar-refractivity contribution in [1.29, 1.82) is 0 Å². The van der Waals surface area contributed by atoms with Gasteiger partial charge in [-0.15, -0.1) is 10.2 Å². The van der Waals surface area contributed by atoms with Crippen LogP contribution in [0.3, 0.4) is 0 Å². The molecule has 180 valence electrons. The number of aryl methyl sites for hydroxylation is 2. The van der Waals surface area contributed by atoms with Crippen LogP contribution in [0.5, 0.6) is 0 Å². The van der Waals surface area contributed by atoms with Gasteiger partial charge in [0.1, 0.15) is 5.76 Å². The van der Waals surface area contributed by atoms with Crippen molar-refractivity contribution < 1.29 is 14.0 Å². The number of ketones is 1. The van der Waals surface area contributed by atoms with Gasteiger partial charge < -0.3 is 15.1 Å². The monoisotopic (exact) mass is 489 g/mol. The van der Waals surface area contributed by atoms with Crippen molar-refractivity contribution in [2.45, 2.75) is 39.0 Å². The molecule has 2 heterocycles. The maximum Gasteiger partial charge on any atom is 0.234 e. The van der Waals surface area contributed by atoms with E-state index in [2.05, 4.69) is 52.9 Å². The lowest BCUT2D eigenvalue weighted by Crippen LogP contribution is -2.15. The van der Waals surface area contributed by atoms with E-state index < -0.39 is 0 Å². The fourth-order valence-corrected chi connectivity index (χ4v) is 4.33. The molecule has 1 amide bonds. The molecule has 8 nitrogen and oxygen atoms in total. The smallest absolute Gasteiger partial charge is 0.234 e. The van der Waals surface area contributed by atoms with Crippen molar-refractivity contribution in [3.63, 3.8) is 0 Å². The molecular formula is C26H27N5O3S. The highest BCUT2D eigenvalue weighted by atomic mass is 32.2. The van der Waals surface area contributed by atoms with Gasteiger partial charge in [-0.05, 0) is 68.8 Å². The number of carbonyl (C=O) groups is 2. The minimum Gasteiger partial charge on any atom is -0.467 e. The number of nitrogens with zero attached hydrogens (tertiary/aromatic N) is 3. The third kappa shape index (κ3) is 6.39. The summed E-state index contributed by atoms with van der Waals surface area (Å²) in [5, 5.41) is 15.6. The van der Waals surface area contributed by atoms with E-state index in [-0.39, 0.29) is 17.4 Å². The second kappa shape index (κ2) is 11.1. The molecule has 0 saturated heterocycles. The minimum atomic E-state index is -0.173. The van der Waals surface area contributed by atoms with Crippen LogP contribution in [0.25, 0.3) is 0 Å². The molecule has 0 saturated carbocycles. The summed E-state index contributed by atoms with van der Waals surface area (Å²) in [4.78, 5) is 24.0. The third-order valence-electron chi connectivity index (χ3n) is 5.41. The van der Waals surface area contributed by atoms with Crippen LogP contribution in [0, 0.1) is 13.8 Å². The van der Waals surface area contributed by atoms with Gasteiger partial charge in [0.25, 0.3) is 0 Å². The third-order valence-corrected chi connectivity index (χ3v) is 6.38. The number of amides is 1. The molecule has 0 aliphatic carbocycles. The summed E-state index contributed by atoms with van der Waals surface area (Å²) < 4.78 is 7.49. The fourth-order valence-electron chi connectivity index (χ4n) is 3.58. The fraction of sp³-hybridized carbons (Fsp3) is 0.231. The molecule has 0 spiro atoms. The lowest BCUT2D eigenvalue weighted by atomic mass is 10.1. The molecule has 0 aliphatic heterocycles. The van der Waals surface area contributed by atoms with Gasteiger partial charge in [0, 0.05) is 16.9 Å². The number of anilines is 2. The number of carbonyl (C=O) groups excluding carboxylic acids is 2.